The highest BCUT2D eigenvalue weighted by atomic mass is 32.2. The number of nitrogens with one attached hydrogen (secondary N) is 1. The van der Waals surface area contributed by atoms with Crippen molar-refractivity contribution in [2.75, 3.05) is 18.6 Å². The summed E-state index contributed by atoms with van der Waals surface area (Å²) in [5.41, 5.74) is 2.18. The molecule has 0 unspecified atom stereocenters. The van der Waals surface area contributed by atoms with Crippen LogP contribution in [-0.4, -0.2) is 27.0 Å². The van der Waals surface area contributed by atoms with Crippen LogP contribution in [0, 0.1) is 0 Å². The molecule has 1 N–H and O–H groups in total. The second-order valence-electron chi connectivity index (χ2n) is 5.05. The Morgan fingerprint density at radius 1 is 0.909 bits per heavy atom. The second-order valence-corrected chi connectivity index (χ2v) is 7.85. The van der Waals surface area contributed by atoms with Crippen molar-refractivity contribution in [3.63, 3.8) is 0 Å². The summed E-state index contributed by atoms with van der Waals surface area (Å²) in [6.45, 7) is 0.440. The first-order chi connectivity index (χ1) is 10.6. The van der Waals surface area contributed by atoms with E-state index >= 15 is 0 Å². The van der Waals surface area contributed by atoms with Gasteiger partial charge in [-0.05, 0) is 42.4 Å². The van der Waals surface area contributed by atoms with Crippen LogP contribution in [0.3, 0.4) is 0 Å². The lowest BCUT2D eigenvalue weighted by atomic mass is 10.2. The zero-order chi connectivity index (χ0) is 15.8. The van der Waals surface area contributed by atoms with E-state index in [1.54, 1.807) is 11.8 Å². The van der Waals surface area contributed by atoms with Gasteiger partial charge in [0.25, 0.3) is 0 Å². The van der Waals surface area contributed by atoms with Gasteiger partial charge in [-0.2, -0.15) is 0 Å². The summed E-state index contributed by atoms with van der Waals surface area (Å²) in [4.78, 5) is 1.21. The Morgan fingerprint density at radius 3 is 2.18 bits per heavy atom. The van der Waals surface area contributed by atoms with Crippen molar-refractivity contribution in [3.8, 4) is 0 Å². The van der Waals surface area contributed by atoms with Crippen molar-refractivity contribution in [2.24, 2.45) is 0 Å². The third-order valence-corrected chi connectivity index (χ3v) is 5.53. The van der Waals surface area contributed by atoms with Crippen molar-refractivity contribution >= 4 is 21.8 Å². The number of rotatable bonds is 8. The smallest absolute Gasteiger partial charge is 0.211 e. The van der Waals surface area contributed by atoms with Gasteiger partial charge in [-0.1, -0.05) is 42.5 Å². The number of hydrogen-bond acceptors (Lipinski definition) is 3. The number of benzene rings is 2. The molecule has 0 heterocycles. The van der Waals surface area contributed by atoms with Gasteiger partial charge in [0.1, 0.15) is 0 Å². The van der Waals surface area contributed by atoms with E-state index in [1.165, 1.54) is 4.90 Å². The number of hydrogen-bond donors (Lipinski definition) is 1. The molecule has 0 atom stereocenters. The molecule has 2 aromatic rings. The van der Waals surface area contributed by atoms with Crippen molar-refractivity contribution in [3.05, 3.63) is 65.7 Å². The van der Waals surface area contributed by atoms with Crippen LogP contribution < -0.4 is 4.72 Å². The predicted molar refractivity (Wildman–Crippen MR) is 93.9 cm³/mol. The standard InChI is InChI=1S/C17H21NO2S2/c1-21-17-9-7-16(8-10-17)11-13-18-22(19,20)14-12-15-5-3-2-4-6-15/h2-10,18H,11-14H2,1H3. The molecule has 0 amide bonds. The molecule has 0 aliphatic rings. The van der Waals surface area contributed by atoms with Crippen molar-refractivity contribution < 1.29 is 8.42 Å². The molecule has 0 radical (unpaired) electrons. The Morgan fingerprint density at radius 2 is 1.55 bits per heavy atom. The van der Waals surface area contributed by atoms with Crippen LogP contribution in [0.5, 0.6) is 0 Å². The Kier molecular flexibility index (Phi) is 6.49. The van der Waals surface area contributed by atoms with Crippen LogP contribution in [0.4, 0.5) is 0 Å². The molecule has 0 saturated carbocycles. The van der Waals surface area contributed by atoms with Crippen LogP contribution in [0.2, 0.25) is 0 Å². The number of thioether (sulfide) groups is 1. The summed E-state index contributed by atoms with van der Waals surface area (Å²) in [5.74, 6) is 0.127. The van der Waals surface area contributed by atoms with Gasteiger partial charge in [0.05, 0.1) is 5.75 Å². The number of aryl methyl sites for hydroxylation is 1. The third-order valence-electron chi connectivity index (χ3n) is 3.40. The maximum atomic E-state index is 12.0. The molecule has 22 heavy (non-hydrogen) atoms. The maximum absolute atomic E-state index is 12.0. The highest BCUT2D eigenvalue weighted by molar-refractivity contribution is 7.98. The lowest BCUT2D eigenvalue weighted by Crippen LogP contribution is -2.29. The Bertz CT molecular complexity index is 668. The highest BCUT2D eigenvalue weighted by Crippen LogP contribution is 2.14. The molecule has 0 aliphatic carbocycles. The van der Waals surface area contributed by atoms with Crippen LogP contribution in [0.25, 0.3) is 0 Å². The first kappa shape index (κ1) is 17.1. The normalized spacial score (nSPS) is 11.5. The minimum atomic E-state index is -3.22. The molecule has 118 valence electrons. The van der Waals surface area contributed by atoms with Crippen LogP contribution in [0.15, 0.2) is 59.5 Å². The van der Waals surface area contributed by atoms with E-state index in [9.17, 15) is 8.42 Å². The van der Waals surface area contributed by atoms with Crippen molar-refractivity contribution in [2.45, 2.75) is 17.7 Å². The Labute approximate surface area is 137 Å². The minimum absolute atomic E-state index is 0.127. The monoisotopic (exact) mass is 335 g/mol. The summed E-state index contributed by atoms with van der Waals surface area (Å²) in [5, 5.41) is 0. The van der Waals surface area contributed by atoms with Crippen molar-refractivity contribution in [1.82, 2.24) is 4.72 Å². The van der Waals surface area contributed by atoms with E-state index in [0.717, 1.165) is 11.1 Å². The van der Waals surface area contributed by atoms with Gasteiger partial charge in [0, 0.05) is 11.4 Å². The van der Waals surface area contributed by atoms with E-state index in [2.05, 4.69) is 16.9 Å². The second kappa shape index (κ2) is 8.36. The largest absolute Gasteiger partial charge is 0.215 e. The lowest BCUT2D eigenvalue weighted by molar-refractivity contribution is 0.581. The van der Waals surface area contributed by atoms with Gasteiger partial charge in [-0.15, -0.1) is 11.8 Å². The molecule has 2 aromatic carbocycles. The average molecular weight is 335 g/mol. The van der Waals surface area contributed by atoms with Crippen LogP contribution >= 0.6 is 11.8 Å². The molecule has 0 saturated heterocycles. The zero-order valence-electron chi connectivity index (χ0n) is 12.7. The van der Waals surface area contributed by atoms with Crippen LogP contribution in [0.1, 0.15) is 11.1 Å². The predicted octanol–water partition coefficient (Wildman–Crippen LogP) is 3.11. The number of sulfonamides is 1. The van der Waals surface area contributed by atoms with E-state index in [0.29, 0.717) is 19.4 Å². The first-order valence-electron chi connectivity index (χ1n) is 7.23. The zero-order valence-corrected chi connectivity index (χ0v) is 14.3. The third kappa shape index (κ3) is 5.83. The SMILES string of the molecule is CSc1ccc(CCNS(=O)(=O)CCc2ccccc2)cc1. The van der Waals surface area contributed by atoms with E-state index in [4.69, 9.17) is 0 Å². The summed E-state index contributed by atoms with van der Waals surface area (Å²) in [6, 6.07) is 17.9. The summed E-state index contributed by atoms with van der Waals surface area (Å²) >= 11 is 1.70. The van der Waals surface area contributed by atoms with Crippen LogP contribution in [-0.2, 0) is 22.9 Å². The van der Waals surface area contributed by atoms with Gasteiger partial charge in [0.15, 0.2) is 0 Å². The summed E-state index contributed by atoms with van der Waals surface area (Å²) in [7, 11) is -3.22. The topological polar surface area (TPSA) is 46.2 Å². The fourth-order valence-corrected chi connectivity index (χ4v) is 3.58. The molecule has 0 fully saturated rings. The highest BCUT2D eigenvalue weighted by Gasteiger charge is 2.09. The van der Waals surface area contributed by atoms with Gasteiger partial charge < -0.3 is 0 Å². The van der Waals surface area contributed by atoms with E-state index in [1.807, 2.05) is 48.7 Å². The first-order valence-corrected chi connectivity index (χ1v) is 10.1. The fourth-order valence-electron chi connectivity index (χ4n) is 2.11. The molecule has 0 aliphatic heterocycles. The van der Waals surface area contributed by atoms with Gasteiger partial charge >= 0.3 is 0 Å². The van der Waals surface area contributed by atoms with E-state index in [-0.39, 0.29) is 5.75 Å². The average Bonchev–Trinajstić information content (AvgIpc) is 2.55. The summed E-state index contributed by atoms with van der Waals surface area (Å²) in [6.07, 6.45) is 3.29. The van der Waals surface area contributed by atoms with Crippen molar-refractivity contribution in [1.29, 1.82) is 0 Å². The Hall–Kier alpha value is -1.30. The molecule has 5 heteroatoms. The summed E-state index contributed by atoms with van der Waals surface area (Å²) < 4.78 is 26.6. The minimum Gasteiger partial charge on any atom is -0.215 e. The lowest BCUT2D eigenvalue weighted by Gasteiger charge is -2.07. The molecule has 0 aromatic heterocycles. The molecule has 0 bridgehead atoms. The van der Waals surface area contributed by atoms with Gasteiger partial charge in [0.2, 0.25) is 10.0 Å². The molecular weight excluding hydrogens is 314 g/mol. The fraction of sp³-hybridized carbons (Fsp3) is 0.294. The quantitative estimate of drug-likeness (QED) is 0.754. The maximum Gasteiger partial charge on any atom is 0.211 e. The van der Waals surface area contributed by atoms with Gasteiger partial charge in [-0.3, -0.25) is 0 Å². The molecular formula is C17H21NO2S2. The molecule has 2 rings (SSSR count). The molecule has 3 nitrogen and oxygen atoms in total. The Balaban J connectivity index is 1.77. The van der Waals surface area contributed by atoms with Gasteiger partial charge in [-0.25, -0.2) is 13.1 Å². The van der Waals surface area contributed by atoms with E-state index < -0.39 is 10.0 Å². The molecule has 0 spiro atoms.